The topological polar surface area (TPSA) is 69.7 Å². The second kappa shape index (κ2) is 5.42. The van der Waals surface area contributed by atoms with E-state index in [1.165, 1.54) is 6.42 Å². The van der Waals surface area contributed by atoms with Gasteiger partial charge in [0, 0.05) is 13.1 Å². The summed E-state index contributed by atoms with van der Waals surface area (Å²) in [6, 6.07) is -0.240. The van der Waals surface area contributed by atoms with E-state index in [1.807, 2.05) is 0 Å². The first-order chi connectivity index (χ1) is 9.33. The standard InChI is InChI=1S/C14H23N3O3/c1-14(2)12(19)17(13(20)15-14)9-11(18)16(3)10-7-5-4-6-8-10/h10H,4-9H2,1-3H3,(H,15,20). The molecule has 20 heavy (non-hydrogen) atoms. The van der Waals surface area contributed by atoms with Crippen molar-refractivity contribution < 1.29 is 14.4 Å². The highest BCUT2D eigenvalue weighted by Gasteiger charge is 2.45. The number of urea groups is 1. The second-order valence-corrected chi connectivity index (χ2v) is 6.24. The fourth-order valence-corrected chi connectivity index (χ4v) is 2.88. The average molecular weight is 281 g/mol. The summed E-state index contributed by atoms with van der Waals surface area (Å²) < 4.78 is 0. The molecule has 0 atom stereocenters. The summed E-state index contributed by atoms with van der Waals surface area (Å²) in [5.41, 5.74) is -0.916. The molecular weight excluding hydrogens is 258 g/mol. The van der Waals surface area contributed by atoms with E-state index in [0.717, 1.165) is 30.6 Å². The van der Waals surface area contributed by atoms with E-state index in [2.05, 4.69) is 5.32 Å². The van der Waals surface area contributed by atoms with Crippen molar-refractivity contribution >= 4 is 17.8 Å². The summed E-state index contributed by atoms with van der Waals surface area (Å²) in [6.45, 7) is 3.12. The Kier molecular flexibility index (Phi) is 4.01. The van der Waals surface area contributed by atoms with Crippen LogP contribution in [-0.2, 0) is 9.59 Å². The van der Waals surface area contributed by atoms with Gasteiger partial charge >= 0.3 is 6.03 Å². The maximum atomic E-state index is 12.3. The van der Waals surface area contributed by atoms with E-state index in [0.29, 0.717) is 0 Å². The number of likely N-dealkylation sites (N-methyl/N-ethyl adjacent to an activating group) is 1. The molecule has 4 amide bonds. The zero-order valence-electron chi connectivity index (χ0n) is 12.4. The number of imide groups is 1. The monoisotopic (exact) mass is 281 g/mol. The Morgan fingerprint density at radius 3 is 2.40 bits per heavy atom. The molecule has 0 bridgehead atoms. The van der Waals surface area contributed by atoms with Crippen LogP contribution in [0.1, 0.15) is 46.0 Å². The molecule has 2 rings (SSSR count). The van der Waals surface area contributed by atoms with E-state index in [-0.39, 0.29) is 24.4 Å². The molecule has 1 aliphatic heterocycles. The molecule has 1 saturated heterocycles. The molecule has 0 radical (unpaired) electrons. The molecule has 1 saturated carbocycles. The van der Waals surface area contributed by atoms with Crippen molar-refractivity contribution in [3.8, 4) is 0 Å². The Labute approximate surface area is 119 Å². The average Bonchev–Trinajstić information content (AvgIpc) is 2.61. The third-order valence-electron chi connectivity index (χ3n) is 4.25. The molecule has 1 N–H and O–H groups in total. The predicted octanol–water partition coefficient (Wildman–Crippen LogP) is 1.11. The molecule has 112 valence electrons. The lowest BCUT2D eigenvalue weighted by atomic mass is 9.94. The maximum Gasteiger partial charge on any atom is 0.325 e. The summed E-state index contributed by atoms with van der Waals surface area (Å²) in [4.78, 5) is 38.8. The van der Waals surface area contributed by atoms with Gasteiger partial charge in [0.15, 0.2) is 0 Å². The summed E-state index contributed by atoms with van der Waals surface area (Å²) in [5, 5.41) is 2.58. The molecule has 0 aromatic carbocycles. The van der Waals surface area contributed by atoms with Crippen LogP contribution < -0.4 is 5.32 Å². The second-order valence-electron chi connectivity index (χ2n) is 6.24. The Bertz CT molecular complexity index is 427. The molecule has 0 unspecified atom stereocenters. The van der Waals surface area contributed by atoms with Gasteiger partial charge in [0.2, 0.25) is 5.91 Å². The number of hydrogen-bond donors (Lipinski definition) is 1. The Morgan fingerprint density at radius 2 is 1.90 bits per heavy atom. The predicted molar refractivity (Wildman–Crippen MR) is 74.0 cm³/mol. The van der Waals surface area contributed by atoms with Gasteiger partial charge in [0.05, 0.1) is 0 Å². The smallest absolute Gasteiger partial charge is 0.325 e. The third kappa shape index (κ3) is 2.78. The van der Waals surface area contributed by atoms with Crippen molar-refractivity contribution in [3.63, 3.8) is 0 Å². The fraction of sp³-hybridized carbons (Fsp3) is 0.786. The van der Waals surface area contributed by atoms with Gasteiger partial charge in [-0.2, -0.15) is 0 Å². The number of rotatable bonds is 3. The van der Waals surface area contributed by atoms with Gasteiger partial charge in [-0.25, -0.2) is 4.79 Å². The summed E-state index contributed by atoms with van der Waals surface area (Å²) in [5.74, 6) is -0.508. The molecule has 0 spiro atoms. The number of amides is 4. The molecule has 1 aliphatic carbocycles. The van der Waals surface area contributed by atoms with Crippen LogP contribution in [0.3, 0.4) is 0 Å². The normalized spacial score (nSPS) is 22.9. The first-order valence-corrected chi connectivity index (χ1v) is 7.22. The van der Waals surface area contributed by atoms with Gasteiger partial charge in [-0.05, 0) is 26.7 Å². The minimum atomic E-state index is -0.916. The van der Waals surface area contributed by atoms with Gasteiger partial charge in [0.25, 0.3) is 5.91 Å². The van der Waals surface area contributed by atoms with Crippen molar-refractivity contribution in [2.75, 3.05) is 13.6 Å². The number of carbonyl (C=O) groups excluding carboxylic acids is 3. The Hall–Kier alpha value is -1.59. The summed E-state index contributed by atoms with van der Waals surface area (Å²) >= 11 is 0. The van der Waals surface area contributed by atoms with Crippen LogP contribution in [0.5, 0.6) is 0 Å². The minimum absolute atomic E-state index is 0.166. The van der Waals surface area contributed by atoms with E-state index in [9.17, 15) is 14.4 Å². The van der Waals surface area contributed by atoms with E-state index < -0.39 is 11.6 Å². The van der Waals surface area contributed by atoms with Gasteiger partial charge < -0.3 is 10.2 Å². The van der Waals surface area contributed by atoms with Crippen LogP contribution in [0.25, 0.3) is 0 Å². The molecule has 1 heterocycles. The van der Waals surface area contributed by atoms with E-state index in [1.54, 1.807) is 25.8 Å². The lowest BCUT2D eigenvalue weighted by molar-refractivity contribution is -0.139. The lowest BCUT2D eigenvalue weighted by Crippen LogP contribution is -2.46. The molecule has 0 aromatic heterocycles. The van der Waals surface area contributed by atoms with Crippen molar-refractivity contribution in [2.45, 2.75) is 57.5 Å². The quantitative estimate of drug-likeness (QED) is 0.788. The first kappa shape index (κ1) is 14.8. The highest BCUT2D eigenvalue weighted by molar-refractivity contribution is 6.08. The molecular formula is C14H23N3O3. The highest BCUT2D eigenvalue weighted by Crippen LogP contribution is 2.22. The van der Waals surface area contributed by atoms with Crippen molar-refractivity contribution in [1.82, 2.24) is 15.1 Å². The van der Waals surface area contributed by atoms with Gasteiger partial charge in [-0.3, -0.25) is 14.5 Å². The Balaban J connectivity index is 1.97. The third-order valence-corrected chi connectivity index (χ3v) is 4.25. The van der Waals surface area contributed by atoms with Crippen LogP contribution in [-0.4, -0.2) is 52.8 Å². The van der Waals surface area contributed by atoms with Gasteiger partial charge in [0.1, 0.15) is 12.1 Å². The molecule has 0 aromatic rings. The first-order valence-electron chi connectivity index (χ1n) is 7.22. The van der Waals surface area contributed by atoms with Gasteiger partial charge in [-0.15, -0.1) is 0 Å². The number of nitrogens with one attached hydrogen (secondary N) is 1. The van der Waals surface area contributed by atoms with E-state index >= 15 is 0 Å². The van der Waals surface area contributed by atoms with Crippen LogP contribution in [0, 0.1) is 0 Å². The molecule has 6 nitrogen and oxygen atoms in total. The molecule has 6 heteroatoms. The van der Waals surface area contributed by atoms with Crippen LogP contribution in [0.15, 0.2) is 0 Å². The van der Waals surface area contributed by atoms with E-state index in [4.69, 9.17) is 0 Å². The maximum absolute atomic E-state index is 12.3. The zero-order valence-corrected chi connectivity index (χ0v) is 12.4. The van der Waals surface area contributed by atoms with Crippen LogP contribution >= 0.6 is 0 Å². The number of nitrogens with zero attached hydrogens (tertiary/aromatic N) is 2. The number of carbonyl (C=O) groups is 3. The fourth-order valence-electron chi connectivity index (χ4n) is 2.88. The SMILES string of the molecule is CN(C(=O)CN1C(=O)NC(C)(C)C1=O)C1CCCCC1. The molecule has 2 aliphatic rings. The van der Waals surface area contributed by atoms with Crippen LogP contribution in [0.4, 0.5) is 4.79 Å². The number of hydrogen-bond acceptors (Lipinski definition) is 3. The van der Waals surface area contributed by atoms with Crippen molar-refractivity contribution in [3.05, 3.63) is 0 Å². The molecule has 2 fully saturated rings. The largest absolute Gasteiger partial charge is 0.341 e. The van der Waals surface area contributed by atoms with Crippen molar-refractivity contribution in [1.29, 1.82) is 0 Å². The zero-order chi connectivity index (χ0) is 14.9. The summed E-state index contributed by atoms with van der Waals surface area (Å²) in [6.07, 6.45) is 5.51. The van der Waals surface area contributed by atoms with Gasteiger partial charge in [-0.1, -0.05) is 19.3 Å². The summed E-state index contributed by atoms with van der Waals surface area (Å²) in [7, 11) is 1.77. The minimum Gasteiger partial charge on any atom is -0.341 e. The Morgan fingerprint density at radius 1 is 1.30 bits per heavy atom. The van der Waals surface area contributed by atoms with Crippen molar-refractivity contribution in [2.24, 2.45) is 0 Å². The lowest BCUT2D eigenvalue weighted by Gasteiger charge is -2.32. The highest BCUT2D eigenvalue weighted by atomic mass is 16.2. The van der Waals surface area contributed by atoms with Crippen LogP contribution in [0.2, 0.25) is 0 Å².